The van der Waals surface area contributed by atoms with Crippen molar-refractivity contribution >= 4 is 47.0 Å². The van der Waals surface area contributed by atoms with Gasteiger partial charge in [-0.25, -0.2) is 0 Å². The van der Waals surface area contributed by atoms with Gasteiger partial charge >= 0.3 is 8.09 Å². The van der Waals surface area contributed by atoms with Crippen molar-refractivity contribution in [3.8, 4) is 22.6 Å². The molecule has 8 heteroatoms. The lowest BCUT2D eigenvalue weighted by atomic mass is 9.88. The van der Waals surface area contributed by atoms with Crippen LogP contribution in [0.15, 0.2) is 108 Å². The number of fused-ring (bicyclic) bond motifs is 7. The maximum Gasteiger partial charge on any atom is 0.409 e. The molecule has 2 aliphatic rings. The first-order valence-electron chi connectivity index (χ1n) is 13.4. The van der Waals surface area contributed by atoms with Crippen molar-refractivity contribution in [1.29, 1.82) is 0 Å². The van der Waals surface area contributed by atoms with Crippen LogP contribution in [-0.2, 0) is 4.79 Å². The second kappa shape index (κ2) is 10.2. The predicted octanol–water partition coefficient (Wildman–Crippen LogP) is 8.02. The molecule has 41 heavy (non-hydrogen) atoms. The highest BCUT2D eigenvalue weighted by Gasteiger charge is 2.45. The Morgan fingerprint density at radius 3 is 1.90 bits per heavy atom. The predicted molar refractivity (Wildman–Crippen MR) is 161 cm³/mol. The molecule has 0 unspecified atom stereocenters. The third kappa shape index (κ3) is 4.63. The zero-order chi connectivity index (χ0) is 28.1. The summed E-state index contributed by atoms with van der Waals surface area (Å²) in [5.41, 5.74) is 2.29. The molecule has 0 aromatic heterocycles. The van der Waals surface area contributed by atoms with E-state index in [9.17, 15) is 14.8 Å². The average Bonchev–Trinajstić information content (AvgIpc) is 3.10. The number of hydrogen-bond donors (Lipinski definition) is 2. The van der Waals surface area contributed by atoms with Crippen molar-refractivity contribution in [1.82, 2.24) is 5.09 Å². The molecule has 5 aromatic carbocycles. The molecule has 2 N–H and O–H groups in total. The van der Waals surface area contributed by atoms with Gasteiger partial charge in [0, 0.05) is 29.0 Å². The van der Waals surface area contributed by atoms with E-state index in [1.165, 1.54) is 0 Å². The normalized spacial score (nSPS) is 16.9. The molecule has 7 rings (SSSR count). The molecular formula is C33H25ClNO5P. The third-order valence-electron chi connectivity index (χ3n) is 7.68. The Balaban J connectivity index is 1.43. The largest absolute Gasteiger partial charge is 0.601 e. The molecule has 5 aromatic rings. The van der Waals surface area contributed by atoms with E-state index in [4.69, 9.17) is 20.6 Å². The van der Waals surface area contributed by atoms with Gasteiger partial charge in [-0.15, -0.1) is 5.09 Å². The van der Waals surface area contributed by atoms with Crippen molar-refractivity contribution in [2.24, 2.45) is 0 Å². The molecule has 6 nitrogen and oxygen atoms in total. The number of ketones is 1. The quantitative estimate of drug-likeness (QED) is 0.209. The highest BCUT2D eigenvalue weighted by Crippen LogP contribution is 2.60. The molecule has 0 bridgehead atoms. The molecule has 0 fully saturated rings. The summed E-state index contributed by atoms with van der Waals surface area (Å²) in [4.78, 5) is 27.9. The molecular weight excluding hydrogens is 557 g/mol. The highest BCUT2D eigenvalue weighted by atomic mass is 35.5. The summed E-state index contributed by atoms with van der Waals surface area (Å²) in [7, 11) is -4.21. The number of carbonyl (C=O) groups excluding carboxylic acids is 1. The van der Waals surface area contributed by atoms with Crippen LogP contribution in [0.25, 0.3) is 32.7 Å². The number of rotatable bonds is 4. The van der Waals surface area contributed by atoms with Gasteiger partial charge in [-0.1, -0.05) is 84.4 Å². The molecule has 1 atom stereocenters. The van der Waals surface area contributed by atoms with E-state index >= 15 is 0 Å². The number of allylic oxidation sites excluding steroid dienone is 1. The SMILES string of the molecule is O=C1CCCC(O)=C1[C@@H](N[P+]1([O-])Oc2ccc3ccccc3c2-c2c(ccc3ccccc23)O1)c1ccc(Cl)cc1. The summed E-state index contributed by atoms with van der Waals surface area (Å²) in [5.74, 6) is 0.517. The van der Waals surface area contributed by atoms with Crippen LogP contribution in [0.5, 0.6) is 11.5 Å². The van der Waals surface area contributed by atoms with Gasteiger partial charge in [0.15, 0.2) is 17.3 Å². The molecule has 1 heterocycles. The molecule has 0 saturated heterocycles. The lowest BCUT2D eigenvalue weighted by molar-refractivity contribution is -0.207. The smallest absolute Gasteiger partial charge is 0.409 e. The second-order valence-electron chi connectivity index (χ2n) is 10.3. The summed E-state index contributed by atoms with van der Waals surface area (Å²) < 4.78 is 12.6. The number of aliphatic hydroxyl groups excluding tert-OH is 1. The number of carbonyl (C=O) groups is 1. The monoisotopic (exact) mass is 581 g/mol. The van der Waals surface area contributed by atoms with E-state index < -0.39 is 14.1 Å². The van der Waals surface area contributed by atoms with Crippen LogP contribution >= 0.6 is 19.7 Å². The lowest BCUT2D eigenvalue weighted by Crippen LogP contribution is -2.38. The van der Waals surface area contributed by atoms with Gasteiger partial charge in [0.05, 0.1) is 5.57 Å². The van der Waals surface area contributed by atoms with Gasteiger partial charge in [-0.2, -0.15) is 0 Å². The third-order valence-corrected chi connectivity index (χ3v) is 9.38. The fourth-order valence-electron chi connectivity index (χ4n) is 5.79. The number of Topliss-reactive ketones (excluding diaryl/α,β-unsaturated/α-hetero) is 1. The minimum Gasteiger partial charge on any atom is -0.601 e. The molecule has 1 aliphatic heterocycles. The highest BCUT2D eigenvalue weighted by molar-refractivity contribution is 7.57. The van der Waals surface area contributed by atoms with Crippen molar-refractivity contribution in [2.75, 3.05) is 0 Å². The first-order chi connectivity index (χ1) is 19.9. The van der Waals surface area contributed by atoms with Crippen LogP contribution in [0, 0.1) is 0 Å². The number of nitrogens with one attached hydrogen (secondary N) is 1. The number of halogens is 1. The summed E-state index contributed by atoms with van der Waals surface area (Å²) >= 11 is 6.16. The Bertz CT molecular complexity index is 1780. The number of hydrogen-bond acceptors (Lipinski definition) is 6. The Kier molecular flexibility index (Phi) is 6.44. The van der Waals surface area contributed by atoms with E-state index in [1.807, 2.05) is 60.7 Å². The summed E-state index contributed by atoms with van der Waals surface area (Å²) in [5, 5.41) is 18.3. The zero-order valence-electron chi connectivity index (χ0n) is 21.8. The molecule has 0 spiro atoms. The van der Waals surface area contributed by atoms with Gasteiger partial charge in [0.25, 0.3) is 0 Å². The van der Waals surface area contributed by atoms with E-state index in [-0.39, 0.29) is 23.5 Å². The maximum absolute atomic E-state index is 14.8. The van der Waals surface area contributed by atoms with Crippen LogP contribution in [-0.4, -0.2) is 10.9 Å². The van der Waals surface area contributed by atoms with Crippen molar-refractivity contribution in [3.63, 3.8) is 0 Å². The first kappa shape index (κ1) is 26.0. The van der Waals surface area contributed by atoms with Crippen molar-refractivity contribution in [3.05, 3.63) is 119 Å². The van der Waals surface area contributed by atoms with Crippen LogP contribution in [0.1, 0.15) is 30.9 Å². The van der Waals surface area contributed by atoms with Crippen molar-refractivity contribution < 1.29 is 23.8 Å². The molecule has 1 aliphatic carbocycles. The van der Waals surface area contributed by atoms with E-state index in [0.29, 0.717) is 34.9 Å². The second-order valence-corrected chi connectivity index (χ2v) is 12.3. The fraction of sp³-hybridized carbons (Fsp3) is 0.121. The zero-order valence-corrected chi connectivity index (χ0v) is 23.5. The van der Waals surface area contributed by atoms with Gasteiger partial charge in [0.1, 0.15) is 11.8 Å². The maximum atomic E-state index is 14.8. The van der Waals surface area contributed by atoms with Gasteiger partial charge < -0.3 is 10.00 Å². The Hall–Kier alpha value is -3.93. The Morgan fingerprint density at radius 1 is 0.780 bits per heavy atom. The van der Waals surface area contributed by atoms with Crippen LogP contribution < -0.4 is 19.0 Å². The molecule has 0 saturated carbocycles. The van der Waals surface area contributed by atoms with Crippen LogP contribution in [0.3, 0.4) is 0 Å². The average molecular weight is 582 g/mol. The standard InChI is InChI=1S/C33H25ClNO5P/c34-23-16-12-22(13-17-23)33(32-26(36)10-5-11-27(32)37)35-41(38)39-28-18-14-20-6-1-3-8-24(20)30(28)31-25-9-4-2-7-21(25)15-19-29(31)40-41/h1-4,6-9,12-19,33,36H,5,10-11H2,(H,35,38)/t33-/m0/s1. The van der Waals surface area contributed by atoms with Crippen LogP contribution in [0.4, 0.5) is 0 Å². The van der Waals surface area contributed by atoms with Crippen molar-refractivity contribution in [2.45, 2.75) is 25.3 Å². The van der Waals surface area contributed by atoms with Gasteiger partial charge in [-0.3, -0.25) is 13.8 Å². The Morgan fingerprint density at radius 2 is 1.34 bits per heavy atom. The summed E-state index contributed by atoms with van der Waals surface area (Å²) in [6.45, 7) is 0. The molecule has 204 valence electrons. The fourth-order valence-corrected chi connectivity index (χ4v) is 7.48. The minimum atomic E-state index is -4.21. The topological polar surface area (TPSA) is 90.9 Å². The van der Waals surface area contributed by atoms with Gasteiger partial charge in [0.2, 0.25) is 0 Å². The minimum absolute atomic E-state index is 0.0343. The molecule has 0 amide bonds. The number of aliphatic hydroxyl groups is 1. The number of benzene rings is 5. The summed E-state index contributed by atoms with van der Waals surface area (Å²) in [6.07, 6.45) is 1.18. The lowest BCUT2D eigenvalue weighted by Gasteiger charge is -2.32. The van der Waals surface area contributed by atoms with E-state index in [0.717, 1.165) is 32.7 Å². The van der Waals surface area contributed by atoms with E-state index in [1.54, 1.807) is 36.4 Å². The van der Waals surface area contributed by atoms with E-state index in [2.05, 4.69) is 5.09 Å². The Labute approximate surface area is 242 Å². The van der Waals surface area contributed by atoms with Gasteiger partial charge in [-0.05, 0) is 57.8 Å². The summed E-state index contributed by atoms with van der Waals surface area (Å²) in [6, 6.07) is 29.2. The first-order valence-corrected chi connectivity index (χ1v) is 15.3. The molecule has 0 radical (unpaired) electrons. The van der Waals surface area contributed by atoms with Crippen LogP contribution in [0.2, 0.25) is 5.02 Å².